The van der Waals surface area contributed by atoms with Gasteiger partial charge in [-0.1, -0.05) is 67.6 Å². The van der Waals surface area contributed by atoms with Gasteiger partial charge in [0.15, 0.2) is 5.16 Å². The molecule has 146 valence electrons. The van der Waals surface area contributed by atoms with Crippen LogP contribution < -0.4 is 10.9 Å². The molecular weight excluding hydrogens is 370 g/mol. The van der Waals surface area contributed by atoms with Crippen LogP contribution in [0.15, 0.2) is 64.5 Å². The number of hydrogen-bond donors (Lipinski definition) is 1. The molecule has 0 saturated heterocycles. The van der Waals surface area contributed by atoms with E-state index in [0.29, 0.717) is 22.6 Å². The van der Waals surface area contributed by atoms with Gasteiger partial charge in [-0.05, 0) is 31.0 Å². The molecule has 1 heterocycles. The molecule has 0 saturated carbocycles. The van der Waals surface area contributed by atoms with Crippen molar-refractivity contribution in [2.75, 3.05) is 5.75 Å². The lowest BCUT2D eigenvalue weighted by Crippen LogP contribution is -2.30. The van der Waals surface area contributed by atoms with E-state index in [1.165, 1.54) is 11.8 Å². The van der Waals surface area contributed by atoms with E-state index in [0.717, 1.165) is 18.4 Å². The Morgan fingerprint density at radius 3 is 2.54 bits per heavy atom. The average molecular weight is 396 g/mol. The van der Waals surface area contributed by atoms with Crippen LogP contribution in [0.25, 0.3) is 10.9 Å². The molecule has 0 aliphatic carbocycles. The van der Waals surface area contributed by atoms with Gasteiger partial charge in [0.1, 0.15) is 0 Å². The number of amides is 1. The Labute approximate surface area is 169 Å². The monoisotopic (exact) mass is 395 g/mol. The molecule has 0 aliphatic heterocycles. The van der Waals surface area contributed by atoms with Crippen molar-refractivity contribution in [3.05, 3.63) is 70.5 Å². The third-order valence-corrected chi connectivity index (χ3v) is 5.57. The zero-order chi connectivity index (χ0) is 19.9. The lowest BCUT2D eigenvalue weighted by molar-refractivity contribution is -0.119. The number of carbonyl (C=O) groups excluding carboxylic acids is 1. The second-order valence-corrected chi connectivity index (χ2v) is 7.51. The topological polar surface area (TPSA) is 64.0 Å². The van der Waals surface area contributed by atoms with Crippen LogP contribution in [0.2, 0.25) is 0 Å². The number of para-hydroxylation sites is 1. The van der Waals surface area contributed by atoms with Crippen molar-refractivity contribution >= 4 is 28.6 Å². The number of fused-ring (bicyclic) bond motifs is 1. The second-order valence-electron chi connectivity index (χ2n) is 6.57. The first kappa shape index (κ1) is 20.1. The first-order valence-corrected chi connectivity index (χ1v) is 10.6. The highest BCUT2D eigenvalue weighted by Gasteiger charge is 2.16. The normalized spacial score (nSPS) is 12.1. The van der Waals surface area contributed by atoms with Crippen molar-refractivity contribution in [2.24, 2.45) is 0 Å². The molecule has 1 aromatic heterocycles. The number of aromatic nitrogens is 2. The smallest absolute Gasteiger partial charge is 0.262 e. The molecule has 1 atom stereocenters. The standard InChI is InChI=1S/C22H25N3O2S/c1-3-10-18(16-11-6-5-7-12-16)23-20(26)15-28-22-24-19-14-9-8-13-17(19)21(27)25(22)4-2/h5-9,11-14,18H,3-4,10,15H2,1-2H3,(H,23,26)/t18-/m1/s1. The van der Waals surface area contributed by atoms with E-state index >= 15 is 0 Å². The van der Waals surface area contributed by atoms with Crippen molar-refractivity contribution in [2.45, 2.75) is 44.4 Å². The van der Waals surface area contributed by atoms with Gasteiger partial charge in [0, 0.05) is 6.54 Å². The molecule has 3 rings (SSSR count). The van der Waals surface area contributed by atoms with Crippen LogP contribution >= 0.6 is 11.8 Å². The van der Waals surface area contributed by atoms with Crippen LogP contribution in [0.3, 0.4) is 0 Å². The number of nitrogens with zero attached hydrogens (tertiary/aromatic N) is 2. The molecule has 0 aliphatic rings. The lowest BCUT2D eigenvalue weighted by Gasteiger charge is -2.19. The summed E-state index contributed by atoms with van der Waals surface area (Å²) in [6.07, 6.45) is 1.86. The van der Waals surface area contributed by atoms with Gasteiger partial charge in [-0.3, -0.25) is 14.2 Å². The molecule has 1 amide bonds. The maximum absolute atomic E-state index is 12.7. The third-order valence-electron chi connectivity index (χ3n) is 4.59. The Balaban J connectivity index is 1.74. The van der Waals surface area contributed by atoms with Gasteiger partial charge in [-0.25, -0.2) is 4.98 Å². The maximum Gasteiger partial charge on any atom is 0.262 e. The quantitative estimate of drug-likeness (QED) is 0.459. The van der Waals surface area contributed by atoms with Crippen LogP contribution in [0.1, 0.15) is 38.3 Å². The number of carbonyl (C=O) groups is 1. The number of benzene rings is 2. The van der Waals surface area contributed by atoms with E-state index in [4.69, 9.17) is 0 Å². The Morgan fingerprint density at radius 1 is 1.11 bits per heavy atom. The minimum atomic E-state index is -0.0656. The van der Waals surface area contributed by atoms with Crippen LogP contribution in [0, 0.1) is 0 Å². The molecule has 0 unspecified atom stereocenters. The van der Waals surface area contributed by atoms with Gasteiger partial charge in [-0.15, -0.1) is 0 Å². The summed E-state index contributed by atoms with van der Waals surface area (Å²) in [7, 11) is 0. The molecule has 0 radical (unpaired) electrons. The minimum Gasteiger partial charge on any atom is -0.349 e. The van der Waals surface area contributed by atoms with Crippen LogP contribution in [-0.2, 0) is 11.3 Å². The Hall–Kier alpha value is -2.60. The summed E-state index contributed by atoms with van der Waals surface area (Å²) in [5.74, 6) is 0.162. The highest BCUT2D eigenvalue weighted by molar-refractivity contribution is 7.99. The molecule has 2 aromatic carbocycles. The predicted molar refractivity (Wildman–Crippen MR) is 115 cm³/mol. The summed E-state index contributed by atoms with van der Waals surface area (Å²) in [5.41, 5.74) is 1.70. The first-order valence-electron chi connectivity index (χ1n) is 9.60. The fourth-order valence-electron chi connectivity index (χ4n) is 3.20. The van der Waals surface area contributed by atoms with Crippen LogP contribution in [-0.4, -0.2) is 21.2 Å². The van der Waals surface area contributed by atoms with E-state index in [2.05, 4.69) is 17.2 Å². The van der Waals surface area contributed by atoms with Gasteiger partial charge >= 0.3 is 0 Å². The molecule has 0 spiro atoms. The Morgan fingerprint density at radius 2 is 1.82 bits per heavy atom. The highest BCUT2D eigenvalue weighted by Crippen LogP contribution is 2.20. The van der Waals surface area contributed by atoms with Gasteiger partial charge < -0.3 is 5.32 Å². The minimum absolute atomic E-state index is 0.00256. The first-order chi connectivity index (χ1) is 13.6. The fourth-order valence-corrected chi connectivity index (χ4v) is 4.07. The summed E-state index contributed by atoms with van der Waals surface area (Å²) in [6.45, 7) is 4.54. The van der Waals surface area contributed by atoms with Gasteiger partial charge in [-0.2, -0.15) is 0 Å². The average Bonchev–Trinajstić information content (AvgIpc) is 2.73. The van der Waals surface area contributed by atoms with E-state index < -0.39 is 0 Å². The van der Waals surface area contributed by atoms with Crippen molar-refractivity contribution in [3.8, 4) is 0 Å². The van der Waals surface area contributed by atoms with E-state index in [9.17, 15) is 9.59 Å². The molecule has 5 nitrogen and oxygen atoms in total. The van der Waals surface area contributed by atoms with Crippen LogP contribution in [0.4, 0.5) is 0 Å². The summed E-state index contributed by atoms with van der Waals surface area (Å²) < 4.78 is 1.63. The zero-order valence-corrected chi connectivity index (χ0v) is 17.0. The third kappa shape index (κ3) is 4.62. The summed E-state index contributed by atoms with van der Waals surface area (Å²) in [6, 6.07) is 17.3. The van der Waals surface area contributed by atoms with Crippen molar-refractivity contribution in [3.63, 3.8) is 0 Å². The molecular formula is C22H25N3O2S. The van der Waals surface area contributed by atoms with E-state index in [-0.39, 0.29) is 23.3 Å². The largest absolute Gasteiger partial charge is 0.349 e. The van der Waals surface area contributed by atoms with E-state index in [1.807, 2.05) is 55.5 Å². The molecule has 1 N–H and O–H groups in total. The molecule has 3 aromatic rings. The Kier molecular flexibility index (Phi) is 6.87. The lowest BCUT2D eigenvalue weighted by atomic mass is 10.0. The number of thioether (sulfide) groups is 1. The number of hydrogen-bond acceptors (Lipinski definition) is 4. The molecule has 28 heavy (non-hydrogen) atoms. The number of rotatable bonds is 8. The summed E-state index contributed by atoms with van der Waals surface area (Å²) in [5, 5.41) is 4.30. The number of nitrogens with one attached hydrogen (secondary N) is 1. The highest BCUT2D eigenvalue weighted by atomic mass is 32.2. The zero-order valence-electron chi connectivity index (χ0n) is 16.2. The fraction of sp³-hybridized carbons (Fsp3) is 0.318. The van der Waals surface area contributed by atoms with Crippen LogP contribution in [0.5, 0.6) is 0 Å². The predicted octanol–water partition coefficient (Wildman–Crippen LogP) is 4.17. The van der Waals surface area contributed by atoms with Gasteiger partial charge in [0.05, 0.1) is 22.7 Å². The molecule has 0 fully saturated rings. The van der Waals surface area contributed by atoms with Gasteiger partial charge in [0.25, 0.3) is 5.56 Å². The molecule has 6 heteroatoms. The summed E-state index contributed by atoms with van der Waals surface area (Å²) in [4.78, 5) is 29.9. The summed E-state index contributed by atoms with van der Waals surface area (Å²) >= 11 is 1.30. The molecule has 0 bridgehead atoms. The second kappa shape index (κ2) is 9.55. The van der Waals surface area contributed by atoms with E-state index in [1.54, 1.807) is 10.6 Å². The van der Waals surface area contributed by atoms with Crippen molar-refractivity contribution in [1.29, 1.82) is 0 Å². The van der Waals surface area contributed by atoms with Gasteiger partial charge in [0.2, 0.25) is 5.91 Å². The van der Waals surface area contributed by atoms with Crippen molar-refractivity contribution in [1.82, 2.24) is 14.9 Å². The maximum atomic E-state index is 12.7. The van der Waals surface area contributed by atoms with Crippen molar-refractivity contribution < 1.29 is 4.79 Å². The Bertz CT molecular complexity index is 1000. The SMILES string of the molecule is CCC[C@@H](NC(=O)CSc1nc2ccccc2c(=O)n1CC)c1ccccc1.